The Morgan fingerprint density at radius 2 is 2.00 bits per heavy atom. The zero-order valence-corrected chi connectivity index (χ0v) is 14.0. The normalized spacial score (nSPS) is 12.7. The molecule has 3 N–H and O–H groups in total. The van der Waals surface area contributed by atoms with Crippen LogP contribution in [0.4, 0.5) is 11.6 Å². The lowest BCUT2D eigenvalue weighted by molar-refractivity contribution is 0.102. The molecule has 1 amide bonds. The molecule has 0 unspecified atom stereocenters. The molecule has 0 atom stereocenters. The van der Waals surface area contributed by atoms with E-state index >= 15 is 0 Å². The average Bonchev–Trinajstić information content (AvgIpc) is 3.08. The molecule has 1 aliphatic heterocycles. The lowest BCUT2D eigenvalue weighted by Gasteiger charge is -2.21. The van der Waals surface area contributed by atoms with Gasteiger partial charge in [-0.1, -0.05) is 17.3 Å². The molecule has 0 saturated carbocycles. The Hall–Kier alpha value is -3.55. The summed E-state index contributed by atoms with van der Waals surface area (Å²) in [6.07, 6.45) is 1.29. The third-order valence-electron chi connectivity index (χ3n) is 4.02. The van der Waals surface area contributed by atoms with Gasteiger partial charge in [0.1, 0.15) is 36.7 Å². The molecule has 26 heavy (non-hydrogen) atoms. The van der Waals surface area contributed by atoms with Gasteiger partial charge in [-0.15, -0.1) is 0 Å². The smallest absolute Gasteiger partial charge is 0.262 e. The summed E-state index contributed by atoms with van der Waals surface area (Å²) in [5.74, 6) is 1.56. The van der Waals surface area contributed by atoms with Crippen molar-refractivity contribution in [1.82, 2.24) is 10.1 Å². The van der Waals surface area contributed by atoms with Gasteiger partial charge in [0.25, 0.3) is 5.91 Å². The van der Waals surface area contributed by atoms with Crippen molar-refractivity contribution in [2.75, 3.05) is 24.3 Å². The van der Waals surface area contributed by atoms with Crippen LogP contribution in [0.5, 0.6) is 11.5 Å². The first-order valence-corrected chi connectivity index (χ1v) is 8.01. The zero-order chi connectivity index (χ0) is 18.1. The van der Waals surface area contributed by atoms with E-state index in [0.717, 1.165) is 5.56 Å². The van der Waals surface area contributed by atoms with Gasteiger partial charge in [-0.25, -0.2) is 4.98 Å². The van der Waals surface area contributed by atoms with Crippen molar-refractivity contribution in [3.8, 4) is 22.6 Å². The highest BCUT2D eigenvalue weighted by atomic mass is 16.6. The number of carbonyl (C=O) groups is 1. The Bertz CT molecular complexity index is 983. The van der Waals surface area contributed by atoms with E-state index in [9.17, 15) is 4.79 Å². The van der Waals surface area contributed by atoms with Crippen LogP contribution < -0.4 is 20.5 Å². The van der Waals surface area contributed by atoms with E-state index in [1.807, 2.05) is 18.2 Å². The van der Waals surface area contributed by atoms with Gasteiger partial charge in [0.05, 0.1) is 5.69 Å². The van der Waals surface area contributed by atoms with Crippen molar-refractivity contribution >= 4 is 17.5 Å². The van der Waals surface area contributed by atoms with Gasteiger partial charge in [0, 0.05) is 11.1 Å². The van der Waals surface area contributed by atoms with Crippen molar-refractivity contribution < 1.29 is 18.8 Å². The molecule has 0 aliphatic carbocycles. The van der Waals surface area contributed by atoms with Crippen molar-refractivity contribution in [3.63, 3.8) is 0 Å². The summed E-state index contributed by atoms with van der Waals surface area (Å²) in [6.45, 7) is 2.67. The van der Waals surface area contributed by atoms with Crippen LogP contribution in [-0.4, -0.2) is 29.3 Å². The van der Waals surface area contributed by atoms with Gasteiger partial charge in [0.2, 0.25) is 0 Å². The summed E-state index contributed by atoms with van der Waals surface area (Å²) in [5, 5.41) is 6.37. The number of hydrogen-bond acceptors (Lipinski definition) is 7. The molecule has 1 aliphatic rings. The first-order valence-electron chi connectivity index (χ1n) is 8.01. The summed E-state index contributed by atoms with van der Waals surface area (Å²) in [4.78, 5) is 16.5. The highest BCUT2D eigenvalue weighted by Gasteiger charge is 2.19. The van der Waals surface area contributed by atoms with Crippen molar-refractivity contribution in [2.45, 2.75) is 6.92 Å². The largest absolute Gasteiger partial charge is 0.486 e. The molecule has 4 rings (SSSR count). The van der Waals surface area contributed by atoms with Crippen LogP contribution in [0.2, 0.25) is 0 Å². The Morgan fingerprint density at radius 1 is 1.15 bits per heavy atom. The van der Waals surface area contributed by atoms with Gasteiger partial charge < -0.3 is 25.0 Å². The fraction of sp³-hybridized carbons (Fsp3) is 0.167. The van der Waals surface area contributed by atoms with Gasteiger partial charge in [-0.05, 0) is 25.1 Å². The maximum absolute atomic E-state index is 12.2. The second-order valence-corrected chi connectivity index (χ2v) is 5.73. The van der Waals surface area contributed by atoms with Crippen molar-refractivity contribution in [3.05, 3.63) is 47.9 Å². The first-order chi connectivity index (χ1) is 12.6. The molecular weight excluding hydrogens is 336 g/mol. The number of aryl methyl sites for hydroxylation is 1. The number of aromatic nitrogens is 2. The second-order valence-electron chi connectivity index (χ2n) is 5.73. The van der Waals surface area contributed by atoms with E-state index < -0.39 is 0 Å². The van der Waals surface area contributed by atoms with Gasteiger partial charge in [-0.2, -0.15) is 0 Å². The summed E-state index contributed by atoms with van der Waals surface area (Å²) in [7, 11) is 0. The Morgan fingerprint density at radius 3 is 2.77 bits per heavy atom. The summed E-state index contributed by atoms with van der Waals surface area (Å²) < 4.78 is 16.1. The molecule has 132 valence electrons. The van der Waals surface area contributed by atoms with Crippen LogP contribution >= 0.6 is 0 Å². The van der Waals surface area contributed by atoms with Crippen LogP contribution in [0.15, 0.2) is 41.1 Å². The molecule has 3 heterocycles. The predicted molar refractivity (Wildman–Crippen MR) is 94.3 cm³/mol. The quantitative estimate of drug-likeness (QED) is 0.745. The van der Waals surface area contributed by atoms with E-state index in [2.05, 4.69) is 15.5 Å². The number of rotatable bonds is 3. The van der Waals surface area contributed by atoms with E-state index in [1.54, 1.807) is 19.1 Å². The van der Waals surface area contributed by atoms with Gasteiger partial charge in [-0.3, -0.25) is 4.79 Å². The third-order valence-corrected chi connectivity index (χ3v) is 4.02. The van der Waals surface area contributed by atoms with E-state index in [0.29, 0.717) is 47.4 Å². The SMILES string of the molecule is Cc1nocc1C(=O)Nc1ccc(-c2cccc3c2OCCO3)c(N)n1. The number of para-hydroxylation sites is 1. The number of nitrogens with one attached hydrogen (secondary N) is 1. The lowest BCUT2D eigenvalue weighted by Crippen LogP contribution is -2.16. The van der Waals surface area contributed by atoms with Crippen LogP contribution in [0.25, 0.3) is 11.1 Å². The maximum atomic E-state index is 12.2. The highest BCUT2D eigenvalue weighted by molar-refractivity contribution is 6.04. The van der Waals surface area contributed by atoms with E-state index in [1.165, 1.54) is 6.26 Å². The molecule has 8 heteroatoms. The minimum absolute atomic E-state index is 0.271. The molecule has 0 radical (unpaired) electrons. The monoisotopic (exact) mass is 352 g/mol. The number of nitrogen functional groups attached to an aromatic ring is 1. The third kappa shape index (κ3) is 2.81. The number of carbonyl (C=O) groups excluding carboxylic acids is 1. The lowest BCUT2D eigenvalue weighted by atomic mass is 10.0. The average molecular weight is 352 g/mol. The van der Waals surface area contributed by atoms with Crippen LogP contribution in [-0.2, 0) is 0 Å². The Kier molecular flexibility index (Phi) is 3.92. The molecular formula is C18H16N4O4. The van der Waals surface area contributed by atoms with E-state index in [4.69, 9.17) is 19.7 Å². The number of nitrogens with zero attached hydrogens (tertiary/aromatic N) is 2. The minimum Gasteiger partial charge on any atom is -0.486 e. The number of amides is 1. The van der Waals surface area contributed by atoms with Crippen molar-refractivity contribution in [2.24, 2.45) is 0 Å². The fourth-order valence-corrected chi connectivity index (χ4v) is 2.75. The second kappa shape index (κ2) is 6.40. The van der Waals surface area contributed by atoms with E-state index in [-0.39, 0.29) is 11.7 Å². The highest BCUT2D eigenvalue weighted by Crippen LogP contribution is 2.41. The van der Waals surface area contributed by atoms with Crippen LogP contribution in [0, 0.1) is 6.92 Å². The molecule has 8 nitrogen and oxygen atoms in total. The number of pyridine rings is 1. The van der Waals surface area contributed by atoms with Gasteiger partial charge >= 0.3 is 0 Å². The Labute approximate surface area is 148 Å². The number of benzene rings is 1. The Balaban J connectivity index is 1.63. The predicted octanol–water partition coefficient (Wildman–Crippen LogP) is 2.65. The zero-order valence-electron chi connectivity index (χ0n) is 14.0. The molecule has 2 aromatic heterocycles. The maximum Gasteiger partial charge on any atom is 0.262 e. The van der Waals surface area contributed by atoms with Crippen LogP contribution in [0.3, 0.4) is 0 Å². The standard InChI is InChI=1S/C18H16N4O4/c1-10-13(9-26-22-10)18(23)21-15-6-5-12(17(19)20-15)11-3-2-4-14-16(11)25-8-7-24-14/h2-6,9H,7-8H2,1H3,(H3,19,20,21,23). The number of nitrogens with two attached hydrogens (primary N) is 1. The number of ether oxygens (including phenoxy) is 2. The van der Waals surface area contributed by atoms with Crippen molar-refractivity contribution in [1.29, 1.82) is 0 Å². The molecule has 0 bridgehead atoms. The van der Waals surface area contributed by atoms with Crippen LogP contribution in [0.1, 0.15) is 16.1 Å². The van der Waals surface area contributed by atoms with Gasteiger partial charge in [0.15, 0.2) is 11.5 Å². The number of fused-ring (bicyclic) bond motifs is 1. The number of hydrogen-bond donors (Lipinski definition) is 2. The molecule has 0 saturated heterocycles. The number of anilines is 2. The molecule has 0 fully saturated rings. The summed E-state index contributed by atoms with van der Waals surface area (Å²) in [5.41, 5.74) is 8.46. The fourth-order valence-electron chi connectivity index (χ4n) is 2.75. The topological polar surface area (TPSA) is 112 Å². The summed E-state index contributed by atoms with van der Waals surface area (Å²) in [6, 6.07) is 9.06. The molecule has 1 aromatic carbocycles. The molecule has 0 spiro atoms. The summed E-state index contributed by atoms with van der Waals surface area (Å²) >= 11 is 0. The molecule has 3 aromatic rings. The first kappa shape index (κ1) is 15.9. The minimum atomic E-state index is -0.364.